The Bertz CT molecular complexity index is 480. The van der Waals surface area contributed by atoms with Gasteiger partial charge in [0.25, 0.3) is 5.91 Å². The van der Waals surface area contributed by atoms with Gasteiger partial charge in [-0.3, -0.25) is 9.59 Å². The summed E-state index contributed by atoms with van der Waals surface area (Å²) < 4.78 is 0. The van der Waals surface area contributed by atoms with Crippen LogP contribution in [0.5, 0.6) is 0 Å². The van der Waals surface area contributed by atoms with E-state index >= 15 is 0 Å². The molecular formula is C13H17ClN2O3. The Hall–Kier alpha value is -1.62. The van der Waals surface area contributed by atoms with E-state index in [9.17, 15) is 9.59 Å². The normalized spacial score (nSPS) is 11.2. The number of aryl methyl sites for hydroxylation is 1. The van der Waals surface area contributed by atoms with E-state index in [4.69, 9.17) is 16.7 Å². The Balaban J connectivity index is 2.75. The van der Waals surface area contributed by atoms with Crippen LogP contribution < -0.4 is 5.32 Å². The van der Waals surface area contributed by atoms with Crippen molar-refractivity contribution < 1.29 is 14.7 Å². The summed E-state index contributed by atoms with van der Waals surface area (Å²) in [6.07, 6.45) is 0.356. The first-order chi connectivity index (χ1) is 8.69. The number of halogens is 1. The zero-order chi connectivity index (χ0) is 14.6. The highest BCUT2D eigenvalue weighted by atomic mass is 35.5. The molecule has 1 rings (SSSR count). The molecule has 0 aromatic carbocycles. The molecule has 5 nitrogen and oxygen atoms in total. The molecule has 0 aliphatic heterocycles. The number of rotatable bonds is 5. The molecule has 1 aromatic rings. The molecule has 0 radical (unpaired) electrons. The van der Waals surface area contributed by atoms with Gasteiger partial charge >= 0.3 is 5.97 Å². The van der Waals surface area contributed by atoms with Crippen LogP contribution in [0.3, 0.4) is 0 Å². The number of carbonyl (C=O) groups is 2. The smallest absolute Gasteiger partial charge is 0.303 e. The molecule has 0 bridgehead atoms. The lowest BCUT2D eigenvalue weighted by atomic mass is 9.98. The number of carboxylic acids is 1. The van der Waals surface area contributed by atoms with Crippen molar-refractivity contribution in [2.45, 2.75) is 39.2 Å². The highest BCUT2D eigenvalue weighted by Gasteiger charge is 2.22. The minimum Gasteiger partial charge on any atom is -0.481 e. The molecule has 0 atom stereocenters. The summed E-state index contributed by atoms with van der Waals surface area (Å²) in [6, 6.07) is 3.12. The van der Waals surface area contributed by atoms with Gasteiger partial charge in [0.15, 0.2) is 0 Å². The number of nitrogens with one attached hydrogen (secondary N) is 1. The Labute approximate surface area is 117 Å². The third-order valence-corrected chi connectivity index (χ3v) is 2.79. The summed E-state index contributed by atoms with van der Waals surface area (Å²) >= 11 is 5.80. The Kier molecular flexibility index (Phi) is 4.89. The van der Waals surface area contributed by atoms with E-state index in [0.29, 0.717) is 17.7 Å². The summed E-state index contributed by atoms with van der Waals surface area (Å²) in [5, 5.41) is 11.7. The molecule has 0 fully saturated rings. The minimum absolute atomic E-state index is 0.00338. The number of aromatic nitrogens is 1. The quantitative estimate of drug-likeness (QED) is 0.814. The molecule has 1 amide bonds. The number of aliphatic carboxylic acids is 1. The molecule has 2 N–H and O–H groups in total. The highest BCUT2D eigenvalue weighted by Crippen LogP contribution is 2.15. The fourth-order valence-electron chi connectivity index (χ4n) is 1.62. The summed E-state index contributed by atoms with van der Waals surface area (Å²) in [6.45, 7) is 5.31. The molecule has 6 heteroatoms. The van der Waals surface area contributed by atoms with Gasteiger partial charge in [0, 0.05) is 23.2 Å². The third-order valence-electron chi connectivity index (χ3n) is 2.60. The number of pyridine rings is 1. The monoisotopic (exact) mass is 284 g/mol. The molecule has 19 heavy (non-hydrogen) atoms. The summed E-state index contributed by atoms with van der Waals surface area (Å²) in [4.78, 5) is 26.6. The van der Waals surface area contributed by atoms with Crippen LogP contribution in [0.1, 0.15) is 42.7 Å². The van der Waals surface area contributed by atoms with Crippen molar-refractivity contribution in [2.24, 2.45) is 0 Å². The molecule has 104 valence electrons. The predicted molar refractivity (Wildman–Crippen MR) is 72.4 cm³/mol. The number of hydrogen-bond acceptors (Lipinski definition) is 3. The maximum atomic E-state index is 12.1. The molecule has 0 saturated heterocycles. The van der Waals surface area contributed by atoms with E-state index in [1.165, 1.54) is 6.07 Å². The summed E-state index contributed by atoms with van der Waals surface area (Å²) in [5.41, 5.74) is 0.473. The lowest BCUT2D eigenvalue weighted by molar-refractivity contribution is -0.137. The molecular weight excluding hydrogens is 268 g/mol. The number of carbonyl (C=O) groups excluding carboxylic acids is 1. The zero-order valence-electron chi connectivity index (χ0n) is 11.2. The summed E-state index contributed by atoms with van der Waals surface area (Å²) in [5.74, 6) is -1.17. The molecule has 0 aliphatic rings. The minimum atomic E-state index is -0.884. The van der Waals surface area contributed by atoms with Crippen LogP contribution in [0, 0.1) is 6.92 Å². The molecule has 1 heterocycles. The number of nitrogens with zero attached hydrogens (tertiary/aromatic N) is 1. The molecule has 0 unspecified atom stereocenters. The molecule has 0 spiro atoms. The van der Waals surface area contributed by atoms with Crippen LogP contribution in [0.15, 0.2) is 12.1 Å². The van der Waals surface area contributed by atoms with Gasteiger partial charge in [-0.15, -0.1) is 0 Å². The fourth-order valence-corrected chi connectivity index (χ4v) is 1.87. The second-order valence-corrected chi connectivity index (χ2v) is 5.44. The predicted octanol–water partition coefficient (Wildman–Crippen LogP) is 2.42. The maximum absolute atomic E-state index is 12.1. The van der Waals surface area contributed by atoms with Gasteiger partial charge in [0.2, 0.25) is 0 Å². The largest absolute Gasteiger partial charge is 0.481 e. The molecule has 1 aromatic heterocycles. The Morgan fingerprint density at radius 1 is 1.42 bits per heavy atom. The lowest BCUT2D eigenvalue weighted by Crippen LogP contribution is -2.43. The fraction of sp³-hybridized carbons (Fsp3) is 0.462. The van der Waals surface area contributed by atoms with E-state index in [2.05, 4.69) is 10.3 Å². The van der Waals surface area contributed by atoms with E-state index < -0.39 is 11.5 Å². The van der Waals surface area contributed by atoms with Crippen LogP contribution in [-0.4, -0.2) is 27.5 Å². The van der Waals surface area contributed by atoms with E-state index in [-0.39, 0.29) is 17.5 Å². The van der Waals surface area contributed by atoms with Crippen molar-refractivity contribution in [3.63, 3.8) is 0 Å². The highest BCUT2D eigenvalue weighted by molar-refractivity contribution is 6.29. The first-order valence-electron chi connectivity index (χ1n) is 5.88. The van der Waals surface area contributed by atoms with E-state index in [1.807, 2.05) is 0 Å². The number of amides is 1. The van der Waals surface area contributed by atoms with Crippen molar-refractivity contribution in [1.29, 1.82) is 0 Å². The van der Waals surface area contributed by atoms with Gasteiger partial charge in [0.1, 0.15) is 5.15 Å². The van der Waals surface area contributed by atoms with Gasteiger partial charge < -0.3 is 10.4 Å². The van der Waals surface area contributed by atoms with Crippen LogP contribution >= 0.6 is 11.6 Å². The average molecular weight is 285 g/mol. The third kappa shape index (κ3) is 5.26. The van der Waals surface area contributed by atoms with E-state index in [1.54, 1.807) is 26.8 Å². The van der Waals surface area contributed by atoms with Gasteiger partial charge in [-0.25, -0.2) is 4.98 Å². The second-order valence-electron chi connectivity index (χ2n) is 5.05. The summed E-state index contributed by atoms with van der Waals surface area (Å²) in [7, 11) is 0. The van der Waals surface area contributed by atoms with Crippen molar-refractivity contribution >= 4 is 23.5 Å². The number of carboxylic acid groups (broad SMARTS) is 1. The van der Waals surface area contributed by atoms with Gasteiger partial charge in [0.05, 0.1) is 0 Å². The van der Waals surface area contributed by atoms with E-state index in [0.717, 1.165) is 0 Å². The van der Waals surface area contributed by atoms with Crippen molar-refractivity contribution in [1.82, 2.24) is 10.3 Å². The van der Waals surface area contributed by atoms with Crippen LogP contribution in [0.4, 0.5) is 0 Å². The standard InChI is InChI=1S/C13H17ClN2O3/c1-8-6-9(7-10(14)15-8)12(19)16-13(2,3)5-4-11(17)18/h6-7H,4-5H2,1-3H3,(H,16,19)(H,17,18). The van der Waals surface area contributed by atoms with Gasteiger partial charge in [-0.1, -0.05) is 11.6 Å². The lowest BCUT2D eigenvalue weighted by Gasteiger charge is -2.25. The average Bonchev–Trinajstić information content (AvgIpc) is 2.24. The second kappa shape index (κ2) is 6.02. The van der Waals surface area contributed by atoms with Gasteiger partial charge in [-0.2, -0.15) is 0 Å². The van der Waals surface area contributed by atoms with Crippen molar-refractivity contribution in [3.8, 4) is 0 Å². The number of hydrogen-bond donors (Lipinski definition) is 2. The van der Waals surface area contributed by atoms with Gasteiger partial charge in [-0.05, 0) is 39.3 Å². The zero-order valence-corrected chi connectivity index (χ0v) is 11.9. The van der Waals surface area contributed by atoms with Crippen LogP contribution in [-0.2, 0) is 4.79 Å². The SMILES string of the molecule is Cc1cc(C(=O)NC(C)(C)CCC(=O)O)cc(Cl)n1. The first-order valence-corrected chi connectivity index (χ1v) is 6.26. The Morgan fingerprint density at radius 2 is 2.05 bits per heavy atom. The van der Waals surface area contributed by atoms with Crippen molar-refractivity contribution in [3.05, 3.63) is 28.5 Å². The first kappa shape index (κ1) is 15.4. The molecule has 0 saturated carbocycles. The van der Waals surface area contributed by atoms with Crippen LogP contribution in [0.2, 0.25) is 5.15 Å². The molecule has 0 aliphatic carbocycles. The van der Waals surface area contributed by atoms with Crippen molar-refractivity contribution in [2.75, 3.05) is 0 Å². The Morgan fingerprint density at radius 3 is 2.58 bits per heavy atom. The maximum Gasteiger partial charge on any atom is 0.303 e. The topological polar surface area (TPSA) is 79.3 Å². The van der Waals surface area contributed by atoms with Crippen LogP contribution in [0.25, 0.3) is 0 Å².